The topological polar surface area (TPSA) is 24.1 Å². The highest BCUT2D eigenvalue weighted by Gasteiger charge is 2.30. The summed E-state index contributed by atoms with van der Waals surface area (Å²) in [6.45, 7) is 10.3. The molecule has 2 heteroatoms. The number of nitrogens with one attached hydrogen (secondary N) is 2. The Morgan fingerprint density at radius 2 is 2.00 bits per heavy atom. The third-order valence-electron chi connectivity index (χ3n) is 3.52. The summed E-state index contributed by atoms with van der Waals surface area (Å²) < 4.78 is 0. The van der Waals surface area contributed by atoms with E-state index in [2.05, 4.69) is 31.4 Å². The zero-order valence-electron chi connectivity index (χ0n) is 10.0. The van der Waals surface area contributed by atoms with Gasteiger partial charge in [0.05, 0.1) is 0 Å². The standard InChI is InChI=1S/C12H26N2/c1-4-11(2)14-9-8-13-10-12(3)6-5-7-12/h11,13-14H,4-10H2,1-3H3. The lowest BCUT2D eigenvalue weighted by molar-refractivity contribution is 0.157. The molecular formula is C12H26N2. The van der Waals surface area contributed by atoms with Gasteiger partial charge < -0.3 is 10.6 Å². The van der Waals surface area contributed by atoms with Gasteiger partial charge in [0.1, 0.15) is 0 Å². The molecule has 0 spiro atoms. The second-order valence-electron chi connectivity index (χ2n) is 5.10. The van der Waals surface area contributed by atoms with Crippen molar-refractivity contribution >= 4 is 0 Å². The SMILES string of the molecule is CCC(C)NCCNCC1(C)CCC1. The molecule has 0 radical (unpaired) electrons. The van der Waals surface area contributed by atoms with Crippen LogP contribution in [0.25, 0.3) is 0 Å². The van der Waals surface area contributed by atoms with Gasteiger partial charge in [-0.2, -0.15) is 0 Å². The molecule has 1 rings (SSSR count). The Bertz CT molecular complexity index is 152. The van der Waals surface area contributed by atoms with Crippen LogP contribution in [0, 0.1) is 5.41 Å². The summed E-state index contributed by atoms with van der Waals surface area (Å²) in [4.78, 5) is 0. The van der Waals surface area contributed by atoms with Gasteiger partial charge >= 0.3 is 0 Å². The molecule has 1 aliphatic rings. The van der Waals surface area contributed by atoms with Crippen molar-refractivity contribution in [2.75, 3.05) is 19.6 Å². The Morgan fingerprint density at radius 3 is 2.50 bits per heavy atom. The maximum Gasteiger partial charge on any atom is 0.00792 e. The minimum atomic E-state index is 0.621. The van der Waals surface area contributed by atoms with Gasteiger partial charge in [0, 0.05) is 25.7 Å². The fourth-order valence-corrected chi connectivity index (χ4v) is 1.90. The molecule has 1 aliphatic carbocycles. The van der Waals surface area contributed by atoms with Crippen LogP contribution in [0.4, 0.5) is 0 Å². The van der Waals surface area contributed by atoms with E-state index in [1.807, 2.05) is 0 Å². The van der Waals surface area contributed by atoms with Crippen molar-refractivity contribution in [1.82, 2.24) is 10.6 Å². The van der Waals surface area contributed by atoms with E-state index >= 15 is 0 Å². The maximum atomic E-state index is 3.54. The maximum absolute atomic E-state index is 3.54. The molecule has 84 valence electrons. The van der Waals surface area contributed by atoms with E-state index in [0.29, 0.717) is 11.5 Å². The highest BCUT2D eigenvalue weighted by Crippen LogP contribution is 2.39. The van der Waals surface area contributed by atoms with E-state index in [1.54, 1.807) is 0 Å². The van der Waals surface area contributed by atoms with Gasteiger partial charge in [-0.3, -0.25) is 0 Å². The molecule has 2 nitrogen and oxygen atoms in total. The molecule has 0 amide bonds. The van der Waals surface area contributed by atoms with Crippen molar-refractivity contribution in [2.24, 2.45) is 5.41 Å². The van der Waals surface area contributed by atoms with E-state index < -0.39 is 0 Å². The molecule has 0 aromatic carbocycles. The lowest BCUT2D eigenvalue weighted by Crippen LogP contribution is -2.40. The smallest absolute Gasteiger partial charge is 0.00792 e. The van der Waals surface area contributed by atoms with Gasteiger partial charge in [-0.15, -0.1) is 0 Å². The van der Waals surface area contributed by atoms with Crippen LogP contribution >= 0.6 is 0 Å². The lowest BCUT2D eigenvalue weighted by Gasteiger charge is -2.38. The van der Waals surface area contributed by atoms with Crippen LogP contribution in [0.2, 0.25) is 0 Å². The summed E-state index contributed by atoms with van der Waals surface area (Å²) >= 11 is 0. The lowest BCUT2D eigenvalue weighted by atomic mass is 9.70. The van der Waals surface area contributed by atoms with Crippen molar-refractivity contribution in [3.8, 4) is 0 Å². The summed E-state index contributed by atoms with van der Waals surface area (Å²) in [5.41, 5.74) is 0.621. The van der Waals surface area contributed by atoms with Crippen LogP contribution in [0.3, 0.4) is 0 Å². The van der Waals surface area contributed by atoms with Gasteiger partial charge in [0.15, 0.2) is 0 Å². The quantitative estimate of drug-likeness (QED) is 0.613. The first-order chi connectivity index (χ1) is 6.66. The van der Waals surface area contributed by atoms with Gasteiger partial charge in [-0.1, -0.05) is 20.3 Å². The molecule has 0 bridgehead atoms. The molecule has 0 saturated heterocycles. The van der Waals surface area contributed by atoms with Gasteiger partial charge in [-0.05, 0) is 31.6 Å². The van der Waals surface area contributed by atoms with Crippen molar-refractivity contribution in [3.63, 3.8) is 0 Å². The summed E-state index contributed by atoms with van der Waals surface area (Å²) in [5.74, 6) is 0. The zero-order chi connectivity index (χ0) is 10.4. The van der Waals surface area contributed by atoms with Crippen LogP contribution in [0.1, 0.15) is 46.5 Å². The van der Waals surface area contributed by atoms with Gasteiger partial charge in [0.2, 0.25) is 0 Å². The van der Waals surface area contributed by atoms with Crippen LogP contribution < -0.4 is 10.6 Å². The van der Waals surface area contributed by atoms with Crippen LogP contribution in [-0.4, -0.2) is 25.7 Å². The third kappa shape index (κ3) is 3.97. The molecule has 14 heavy (non-hydrogen) atoms. The summed E-state index contributed by atoms with van der Waals surface area (Å²) in [7, 11) is 0. The van der Waals surface area contributed by atoms with Gasteiger partial charge in [-0.25, -0.2) is 0 Å². The highest BCUT2D eigenvalue weighted by atomic mass is 15.0. The molecule has 1 fully saturated rings. The fraction of sp³-hybridized carbons (Fsp3) is 1.00. The van der Waals surface area contributed by atoms with Crippen molar-refractivity contribution in [2.45, 2.75) is 52.5 Å². The minimum Gasteiger partial charge on any atom is -0.315 e. The molecule has 0 heterocycles. The zero-order valence-corrected chi connectivity index (χ0v) is 10.0. The average molecular weight is 198 g/mol. The Balaban J connectivity index is 1.89. The molecule has 2 N–H and O–H groups in total. The second-order valence-corrected chi connectivity index (χ2v) is 5.10. The monoisotopic (exact) mass is 198 g/mol. The van der Waals surface area contributed by atoms with Gasteiger partial charge in [0.25, 0.3) is 0 Å². The Kier molecular flexibility index (Phi) is 4.90. The summed E-state index contributed by atoms with van der Waals surface area (Å²) in [6, 6.07) is 0.663. The molecule has 1 atom stereocenters. The fourth-order valence-electron chi connectivity index (χ4n) is 1.90. The summed E-state index contributed by atoms with van der Waals surface area (Å²) in [6.07, 6.45) is 5.48. The predicted molar refractivity (Wildman–Crippen MR) is 62.6 cm³/mol. The van der Waals surface area contributed by atoms with Crippen molar-refractivity contribution in [1.29, 1.82) is 0 Å². The highest BCUT2D eigenvalue weighted by molar-refractivity contribution is 4.85. The van der Waals surface area contributed by atoms with Crippen LogP contribution in [-0.2, 0) is 0 Å². The molecule has 0 aromatic heterocycles. The average Bonchev–Trinajstić information content (AvgIpc) is 2.14. The van der Waals surface area contributed by atoms with E-state index in [0.717, 1.165) is 13.1 Å². The Labute approximate surface area is 88.8 Å². The van der Waals surface area contributed by atoms with Crippen LogP contribution in [0.5, 0.6) is 0 Å². The van der Waals surface area contributed by atoms with E-state index in [4.69, 9.17) is 0 Å². The van der Waals surface area contributed by atoms with Crippen LogP contribution in [0.15, 0.2) is 0 Å². The first-order valence-corrected chi connectivity index (χ1v) is 6.10. The summed E-state index contributed by atoms with van der Waals surface area (Å²) in [5, 5.41) is 7.04. The molecule has 0 aliphatic heterocycles. The Morgan fingerprint density at radius 1 is 1.29 bits per heavy atom. The second kappa shape index (κ2) is 5.72. The van der Waals surface area contributed by atoms with Crippen molar-refractivity contribution < 1.29 is 0 Å². The third-order valence-corrected chi connectivity index (χ3v) is 3.52. The van der Waals surface area contributed by atoms with Crippen molar-refractivity contribution in [3.05, 3.63) is 0 Å². The largest absolute Gasteiger partial charge is 0.315 e. The van der Waals surface area contributed by atoms with E-state index in [1.165, 1.54) is 32.2 Å². The first-order valence-electron chi connectivity index (χ1n) is 6.10. The minimum absolute atomic E-state index is 0.621. The molecular weight excluding hydrogens is 172 g/mol. The normalized spacial score (nSPS) is 21.6. The molecule has 1 saturated carbocycles. The first kappa shape index (κ1) is 12.0. The van der Waals surface area contributed by atoms with E-state index in [-0.39, 0.29) is 0 Å². The van der Waals surface area contributed by atoms with E-state index in [9.17, 15) is 0 Å². The molecule has 1 unspecified atom stereocenters. The number of hydrogen-bond acceptors (Lipinski definition) is 2. The molecule has 0 aromatic rings. The number of hydrogen-bond donors (Lipinski definition) is 2. The Hall–Kier alpha value is -0.0800. The predicted octanol–water partition coefficient (Wildman–Crippen LogP) is 2.15. The number of rotatable bonds is 7.